The standard InChI is InChI=1S/C13H19BrO/c1-11(6-8-14)7-9-15-13-5-3-4-12(2)10-13/h3-5,10-11H,6-9H2,1-2H3. The van der Waals surface area contributed by atoms with E-state index in [1.807, 2.05) is 12.1 Å². The first-order valence-corrected chi connectivity index (χ1v) is 6.60. The Balaban J connectivity index is 2.25. The number of halogens is 1. The van der Waals surface area contributed by atoms with E-state index in [9.17, 15) is 0 Å². The number of benzene rings is 1. The lowest BCUT2D eigenvalue weighted by atomic mass is 10.1. The zero-order valence-electron chi connectivity index (χ0n) is 9.50. The van der Waals surface area contributed by atoms with Crippen molar-refractivity contribution in [3.8, 4) is 5.75 Å². The Morgan fingerprint density at radius 1 is 1.33 bits per heavy atom. The highest BCUT2D eigenvalue weighted by molar-refractivity contribution is 9.09. The number of hydrogen-bond acceptors (Lipinski definition) is 1. The first kappa shape index (κ1) is 12.6. The van der Waals surface area contributed by atoms with Crippen molar-refractivity contribution < 1.29 is 4.74 Å². The Kier molecular flexibility index (Phi) is 5.77. The number of ether oxygens (including phenoxy) is 1. The number of rotatable bonds is 6. The molecule has 0 saturated carbocycles. The minimum Gasteiger partial charge on any atom is -0.494 e. The summed E-state index contributed by atoms with van der Waals surface area (Å²) in [5, 5.41) is 1.08. The van der Waals surface area contributed by atoms with Crippen LogP contribution < -0.4 is 4.74 Å². The van der Waals surface area contributed by atoms with Crippen LogP contribution in [0.5, 0.6) is 5.75 Å². The van der Waals surface area contributed by atoms with Crippen molar-refractivity contribution >= 4 is 15.9 Å². The Bertz CT molecular complexity index is 286. The average molecular weight is 271 g/mol. The number of aryl methyl sites for hydroxylation is 1. The Morgan fingerprint density at radius 2 is 2.13 bits per heavy atom. The smallest absolute Gasteiger partial charge is 0.119 e. The van der Waals surface area contributed by atoms with Gasteiger partial charge in [-0.05, 0) is 43.4 Å². The lowest BCUT2D eigenvalue weighted by Gasteiger charge is -2.11. The largest absolute Gasteiger partial charge is 0.494 e. The van der Waals surface area contributed by atoms with Crippen molar-refractivity contribution in [1.82, 2.24) is 0 Å². The fourth-order valence-corrected chi connectivity index (χ4v) is 2.20. The van der Waals surface area contributed by atoms with E-state index in [2.05, 4.69) is 41.9 Å². The zero-order valence-corrected chi connectivity index (χ0v) is 11.1. The maximum atomic E-state index is 5.69. The molecule has 0 heterocycles. The van der Waals surface area contributed by atoms with Gasteiger partial charge >= 0.3 is 0 Å². The molecule has 0 N–H and O–H groups in total. The van der Waals surface area contributed by atoms with Crippen LogP contribution in [0, 0.1) is 12.8 Å². The molecule has 0 spiro atoms. The summed E-state index contributed by atoms with van der Waals surface area (Å²) in [5.41, 5.74) is 1.25. The third kappa shape index (κ3) is 5.22. The highest BCUT2D eigenvalue weighted by Gasteiger charge is 2.01. The summed E-state index contributed by atoms with van der Waals surface area (Å²) >= 11 is 3.46. The van der Waals surface area contributed by atoms with Crippen LogP contribution in [0.25, 0.3) is 0 Å². The van der Waals surface area contributed by atoms with E-state index >= 15 is 0 Å². The van der Waals surface area contributed by atoms with E-state index in [-0.39, 0.29) is 0 Å². The summed E-state index contributed by atoms with van der Waals surface area (Å²) in [5.74, 6) is 1.72. The molecule has 1 aromatic rings. The molecule has 1 atom stereocenters. The van der Waals surface area contributed by atoms with Crippen LogP contribution in [0.15, 0.2) is 24.3 Å². The monoisotopic (exact) mass is 270 g/mol. The zero-order chi connectivity index (χ0) is 11.1. The highest BCUT2D eigenvalue weighted by Crippen LogP contribution is 2.14. The fraction of sp³-hybridized carbons (Fsp3) is 0.538. The van der Waals surface area contributed by atoms with Crippen molar-refractivity contribution in [3.63, 3.8) is 0 Å². The normalized spacial score (nSPS) is 12.5. The molecule has 1 nitrogen and oxygen atoms in total. The third-order valence-corrected chi connectivity index (χ3v) is 2.93. The Morgan fingerprint density at radius 3 is 2.80 bits per heavy atom. The predicted molar refractivity (Wildman–Crippen MR) is 68.9 cm³/mol. The Hall–Kier alpha value is -0.500. The van der Waals surface area contributed by atoms with Crippen LogP contribution in [-0.2, 0) is 0 Å². The van der Waals surface area contributed by atoms with E-state index in [4.69, 9.17) is 4.74 Å². The summed E-state index contributed by atoms with van der Waals surface area (Å²) in [4.78, 5) is 0. The van der Waals surface area contributed by atoms with Gasteiger partial charge in [-0.3, -0.25) is 0 Å². The molecule has 15 heavy (non-hydrogen) atoms. The summed E-state index contributed by atoms with van der Waals surface area (Å²) < 4.78 is 5.69. The topological polar surface area (TPSA) is 9.23 Å². The van der Waals surface area contributed by atoms with Gasteiger partial charge in [-0.1, -0.05) is 35.0 Å². The molecule has 84 valence electrons. The summed E-state index contributed by atoms with van der Waals surface area (Å²) in [6.45, 7) is 5.17. The van der Waals surface area contributed by atoms with Gasteiger partial charge in [-0.2, -0.15) is 0 Å². The molecule has 0 amide bonds. The molecule has 1 aromatic carbocycles. The number of hydrogen-bond donors (Lipinski definition) is 0. The van der Waals surface area contributed by atoms with E-state index in [1.165, 1.54) is 12.0 Å². The first-order chi connectivity index (χ1) is 7.22. The van der Waals surface area contributed by atoms with Gasteiger partial charge in [-0.15, -0.1) is 0 Å². The first-order valence-electron chi connectivity index (χ1n) is 5.48. The van der Waals surface area contributed by atoms with E-state index in [0.29, 0.717) is 0 Å². The van der Waals surface area contributed by atoms with Gasteiger partial charge in [-0.25, -0.2) is 0 Å². The van der Waals surface area contributed by atoms with E-state index in [1.54, 1.807) is 0 Å². The van der Waals surface area contributed by atoms with Gasteiger partial charge in [0.25, 0.3) is 0 Å². The van der Waals surface area contributed by atoms with Crippen LogP contribution in [0.3, 0.4) is 0 Å². The van der Waals surface area contributed by atoms with Crippen LogP contribution in [0.2, 0.25) is 0 Å². The number of alkyl halides is 1. The second kappa shape index (κ2) is 6.89. The summed E-state index contributed by atoms with van der Waals surface area (Å²) in [6.07, 6.45) is 2.34. The Labute approximate surface area is 101 Å². The van der Waals surface area contributed by atoms with Crippen molar-refractivity contribution in [2.24, 2.45) is 5.92 Å². The molecule has 0 saturated heterocycles. The summed E-state index contributed by atoms with van der Waals surface area (Å²) in [7, 11) is 0. The van der Waals surface area contributed by atoms with Crippen LogP contribution in [-0.4, -0.2) is 11.9 Å². The lowest BCUT2D eigenvalue weighted by Crippen LogP contribution is -2.04. The molecule has 0 aromatic heterocycles. The van der Waals surface area contributed by atoms with Crippen LogP contribution in [0.1, 0.15) is 25.3 Å². The fourth-order valence-electron chi connectivity index (χ4n) is 1.41. The quantitative estimate of drug-likeness (QED) is 0.705. The second-order valence-electron chi connectivity index (χ2n) is 4.04. The van der Waals surface area contributed by atoms with Gasteiger partial charge in [0.15, 0.2) is 0 Å². The molecule has 0 aliphatic carbocycles. The molecule has 1 rings (SSSR count). The highest BCUT2D eigenvalue weighted by atomic mass is 79.9. The minimum absolute atomic E-state index is 0.731. The van der Waals surface area contributed by atoms with Gasteiger partial charge in [0.2, 0.25) is 0 Å². The summed E-state index contributed by atoms with van der Waals surface area (Å²) in [6, 6.07) is 8.21. The predicted octanol–water partition coefficient (Wildman–Crippen LogP) is 4.19. The minimum atomic E-state index is 0.731. The maximum absolute atomic E-state index is 5.69. The van der Waals surface area contributed by atoms with Gasteiger partial charge in [0.1, 0.15) is 5.75 Å². The molecular weight excluding hydrogens is 252 g/mol. The van der Waals surface area contributed by atoms with Crippen molar-refractivity contribution in [3.05, 3.63) is 29.8 Å². The van der Waals surface area contributed by atoms with Crippen molar-refractivity contribution in [2.45, 2.75) is 26.7 Å². The lowest BCUT2D eigenvalue weighted by molar-refractivity contribution is 0.282. The molecule has 0 bridgehead atoms. The average Bonchev–Trinajstić information content (AvgIpc) is 2.18. The van der Waals surface area contributed by atoms with Gasteiger partial charge < -0.3 is 4.74 Å². The third-order valence-electron chi connectivity index (χ3n) is 2.47. The molecule has 0 aliphatic rings. The van der Waals surface area contributed by atoms with Crippen molar-refractivity contribution in [2.75, 3.05) is 11.9 Å². The molecule has 2 heteroatoms. The maximum Gasteiger partial charge on any atom is 0.119 e. The second-order valence-corrected chi connectivity index (χ2v) is 4.83. The molecular formula is C13H19BrO. The van der Waals surface area contributed by atoms with Crippen LogP contribution >= 0.6 is 15.9 Å². The van der Waals surface area contributed by atoms with Gasteiger partial charge in [0.05, 0.1) is 6.61 Å². The molecule has 1 unspecified atom stereocenters. The molecule has 0 radical (unpaired) electrons. The van der Waals surface area contributed by atoms with E-state index < -0.39 is 0 Å². The molecule has 0 fully saturated rings. The molecule has 0 aliphatic heterocycles. The van der Waals surface area contributed by atoms with Gasteiger partial charge in [0, 0.05) is 5.33 Å². The van der Waals surface area contributed by atoms with E-state index in [0.717, 1.165) is 30.0 Å². The SMILES string of the molecule is Cc1cccc(OCCC(C)CCBr)c1. The van der Waals surface area contributed by atoms with Crippen LogP contribution in [0.4, 0.5) is 0 Å². The van der Waals surface area contributed by atoms with Crippen molar-refractivity contribution in [1.29, 1.82) is 0 Å².